The number of halogens is 2. The summed E-state index contributed by atoms with van der Waals surface area (Å²) in [6.45, 7) is 0. The van der Waals surface area contributed by atoms with Gasteiger partial charge in [0.1, 0.15) is 17.3 Å². The van der Waals surface area contributed by atoms with Crippen molar-refractivity contribution in [2.75, 3.05) is 17.7 Å². The summed E-state index contributed by atoms with van der Waals surface area (Å²) in [6, 6.07) is 10.6. The van der Waals surface area contributed by atoms with Crippen molar-refractivity contribution in [3.05, 3.63) is 54.1 Å². The maximum Gasteiger partial charge on any atom is 0.148 e. The Morgan fingerprint density at radius 1 is 0.941 bits per heavy atom. The lowest BCUT2D eigenvalue weighted by atomic mass is 10.2. The Labute approximate surface area is 98.3 Å². The van der Waals surface area contributed by atoms with Crippen molar-refractivity contribution in [1.29, 1.82) is 0 Å². The number of nitrogens with zero attached hydrogens (tertiary/aromatic N) is 1. The molecule has 0 aromatic heterocycles. The summed E-state index contributed by atoms with van der Waals surface area (Å²) < 4.78 is 27.3. The second-order valence-corrected chi connectivity index (χ2v) is 3.69. The van der Waals surface area contributed by atoms with Crippen LogP contribution in [0.25, 0.3) is 0 Å². The van der Waals surface area contributed by atoms with Gasteiger partial charge in [-0.05, 0) is 24.3 Å². The highest BCUT2D eigenvalue weighted by molar-refractivity contribution is 5.75. The van der Waals surface area contributed by atoms with Gasteiger partial charge in [0, 0.05) is 7.05 Å². The molecule has 0 saturated heterocycles. The highest BCUT2D eigenvalue weighted by Gasteiger charge is 2.15. The summed E-state index contributed by atoms with van der Waals surface area (Å²) in [6.07, 6.45) is 0. The minimum Gasteiger partial charge on any atom is -0.397 e. The van der Waals surface area contributed by atoms with E-state index in [0.717, 1.165) is 0 Å². The predicted octanol–water partition coefficient (Wildman–Crippen LogP) is 3.31. The molecule has 0 unspecified atom stereocenters. The van der Waals surface area contributed by atoms with Gasteiger partial charge in [0.05, 0.1) is 11.4 Å². The minimum atomic E-state index is -0.476. The molecule has 0 spiro atoms. The van der Waals surface area contributed by atoms with Crippen LogP contribution in [0, 0.1) is 11.6 Å². The topological polar surface area (TPSA) is 29.3 Å². The number of hydrogen-bond donors (Lipinski definition) is 1. The van der Waals surface area contributed by atoms with Gasteiger partial charge >= 0.3 is 0 Å². The van der Waals surface area contributed by atoms with E-state index < -0.39 is 11.6 Å². The number of anilines is 3. The van der Waals surface area contributed by atoms with Crippen LogP contribution >= 0.6 is 0 Å². The molecule has 0 heterocycles. The summed E-state index contributed by atoms with van der Waals surface area (Å²) in [7, 11) is 1.58. The number of benzene rings is 2. The fourth-order valence-electron chi connectivity index (χ4n) is 1.73. The maximum absolute atomic E-state index is 13.7. The lowest BCUT2D eigenvalue weighted by Crippen LogP contribution is -2.14. The number of nitrogens with two attached hydrogens (primary N) is 1. The van der Waals surface area contributed by atoms with E-state index in [4.69, 9.17) is 5.73 Å². The van der Waals surface area contributed by atoms with Gasteiger partial charge in [0.2, 0.25) is 0 Å². The van der Waals surface area contributed by atoms with E-state index in [1.807, 2.05) is 0 Å². The van der Waals surface area contributed by atoms with Crippen molar-refractivity contribution in [2.24, 2.45) is 0 Å². The average Bonchev–Trinajstić information content (AvgIpc) is 2.29. The van der Waals surface area contributed by atoms with E-state index in [2.05, 4.69) is 0 Å². The SMILES string of the molecule is CN(c1ccccc1F)c1c(N)cccc1F. The van der Waals surface area contributed by atoms with Crippen LogP contribution in [0.3, 0.4) is 0 Å². The van der Waals surface area contributed by atoms with E-state index in [0.29, 0.717) is 0 Å². The number of rotatable bonds is 2. The molecule has 2 N–H and O–H groups in total. The molecule has 0 saturated carbocycles. The normalized spacial score (nSPS) is 10.3. The van der Waals surface area contributed by atoms with E-state index in [9.17, 15) is 8.78 Å². The lowest BCUT2D eigenvalue weighted by molar-refractivity contribution is 0.618. The van der Waals surface area contributed by atoms with Crippen molar-refractivity contribution in [2.45, 2.75) is 0 Å². The van der Waals surface area contributed by atoms with Crippen LogP contribution < -0.4 is 10.6 Å². The molecule has 0 aliphatic carbocycles. The number of para-hydroxylation sites is 2. The van der Waals surface area contributed by atoms with Crippen LogP contribution in [0.5, 0.6) is 0 Å². The first-order valence-corrected chi connectivity index (χ1v) is 5.13. The van der Waals surface area contributed by atoms with Gasteiger partial charge in [0.15, 0.2) is 0 Å². The molecule has 2 aromatic rings. The zero-order valence-corrected chi connectivity index (χ0v) is 9.32. The molecule has 0 radical (unpaired) electrons. The molecule has 0 atom stereocenters. The first-order chi connectivity index (χ1) is 8.11. The third-order valence-corrected chi connectivity index (χ3v) is 2.57. The fourth-order valence-corrected chi connectivity index (χ4v) is 1.73. The summed E-state index contributed by atoms with van der Waals surface area (Å²) in [5.41, 5.74) is 6.44. The van der Waals surface area contributed by atoms with E-state index in [1.165, 1.54) is 23.1 Å². The van der Waals surface area contributed by atoms with Gasteiger partial charge in [-0.1, -0.05) is 18.2 Å². The molecule has 0 amide bonds. The van der Waals surface area contributed by atoms with Crippen molar-refractivity contribution < 1.29 is 8.78 Å². The second-order valence-electron chi connectivity index (χ2n) is 3.69. The van der Waals surface area contributed by atoms with Crippen LogP contribution in [0.15, 0.2) is 42.5 Å². The largest absolute Gasteiger partial charge is 0.397 e. The lowest BCUT2D eigenvalue weighted by Gasteiger charge is -2.22. The van der Waals surface area contributed by atoms with Crippen LogP contribution in [0.2, 0.25) is 0 Å². The maximum atomic E-state index is 13.7. The first-order valence-electron chi connectivity index (χ1n) is 5.13. The highest BCUT2D eigenvalue weighted by atomic mass is 19.1. The summed E-state index contributed by atoms with van der Waals surface area (Å²) in [5.74, 6) is -0.895. The fraction of sp³-hybridized carbons (Fsp3) is 0.0769. The Bertz CT molecular complexity index is 520. The Hall–Kier alpha value is -2.10. The van der Waals surface area contributed by atoms with Gasteiger partial charge in [-0.2, -0.15) is 0 Å². The Kier molecular flexibility index (Phi) is 2.95. The molecule has 0 aliphatic rings. The average molecular weight is 234 g/mol. The van der Waals surface area contributed by atoms with Gasteiger partial charge in [-0.15, -0.1) is 0 Å². The van der Waals surface area contributed by atoms with Crippen molar-refractivity contribution in [3.8, 4) is 0 Å². The number of hydrogen-bond acceptors (Lipinski definition) is 2. The van der Waals surface area contributed by atoms with Crippen LogP contribution in [0.1, 0.15) is 0 Å². The third-order valence-electron chi connectivity index (χ3n) is 2.57. The smallest absolute Gasteiger partial charge is 0.148 e. The summed E-state index contributed by atoms with van der Waals surface area (Å²) >= 11 is 0. The molecule has 0 aliphatic heterocycles. The molecule has 2 rings (SSSR count). The Balaban J connectivity index is 2.51. The molecular weight excluding hydrogens is 222 g/mol. The van der Waals surface area contributed by atoms with Gasteiger partial charge < -0.3 is 10.6 Å². The molecule has 2 aromatic carbocycles. The molecule has 17 heavy (non-hydrogen) atoms. The minimum absolute atomic E-state index is 0.178. The van der Waals surface area contributed by atoms with Crippen molar-refractivity contribution in [3.63, 3.8) is 0 Å². The van der Waals surface area contributed by atoms with Gasteiger partial charge in [0.25, 0.3) is 0 Å². The summed E-state index contributed by atoms with van der Waals surface area (Å²) in [4.78, 5) is 1.40. The first kappa shape index (κ1) is 11.4. The van der Waals surface area contributed by atoms with Gasteiger partial charge in [-0.3, -0.25) is 0 Å². The van der Waals surface area contributed by atoms with Crippen LogP contribution in [-0.2, 0) is 0 Å². The molecule has 2 nitrogen and oxygen atoms in total. The predicted molar refractivity (Wildman–Crippen MR) is 65.3 cm³/mol. The Morgan fingerprint density at radius 3 is 2.24 bits per heavy atom. The van der Waals surface area contributed by atoms with Crippen LogP contribution in [-0.4, -0.2) is 7.05 Å². The van der Waals surface area contributed by atoms with E-state index >= 15 is 0 Å². The van der Waals surface area contributed by atoms with Gasteiger partial charge in [-0.25, -0.2) is 8.78 Å². The standard InChI is InChI=1S/C13H12F2N2/c1-17(12-8-3-2-5-9(12)14)13-10(15)6-4-7-11(13)16/h2-8H,16H2,1H3. The zero-order chi connectivity index (χ0) is 12.4. The van der Waals surface area contributed by atoms with E-state index in [1.54, 1.807) is 31.3 Å². The second kappa shape index (κ2) is 4.41. The quantitative estimate of drug-likeness (QED) is 0.808. The van der Waals surface area contributed by atoms with E-state index in [-0.39, 0.29) is 17.1 Å². The molecule has 0 bridgehead atoms. The van der Waals surface area contributed by atoms with Crippen molar-refractivity contribution >= 4 is 17.1 Å². The molecule has 0 fully saturated rings. The van der Waals surface area contributed by atoms with Crippen LogP contribution in [0.4, 0.5) is 25.8 Å². The molecule has 4 heteroatoms. The highest BCUT2D eigenvalue weighted by Crippen LogP contribution is 2.32. The summed E-state index contributed by atoms with van der Waals surface area (Å²) in [5, 5.41) is 0. The monoisotopic (exact) mass is 234 g/mol. The van der Waals surface area contributed by atoms with Crippen molar-refractivity contribution in [1.82, 2.24) is 0 Å². The zero-order valence-electron chi connectivity index (χ0n) is 9.32. The Morgan fingerprint density at radius 2 is 1.59 bits per heavy atom. The third kappa shape index (κ3) is 2.06. The molecular formula is C13H12F2N2. The molecule has 88 valence electrons. The number of nitrogen functional groups attached to an aromatic ring is 1.